The molecule has 1 N–H and O–H groups in total. The first-order valence-corrected chi connectivity index (χ1v) is 10.1. The summed E-state index contributed by atoms with van der Waals surface area (Å²) in [6, 6.07) is 10.9. The van der Waals surface area contributed by atoms with Crippen molar-refractivity contribution in [3.63, 3.8) is 0 Å². The zero-order valence-corrected chi connectivity index (χ0v) is 17.1. The summed E-state index contributed by atoms with van der Waals surface area (Å²) in [6.07, 6.45) is 0.837. The van der Waals surface area contributed by atoms with Crippen LogP contribution >= 0.6 is 0 Å². The maximum absolute atomic E-state index is 13.4. The van der Waals surface area contributed by atoms with Gasteiger partial charge in [-0.3, -0.25) is 24.7 Å². The van der Waals surface area contributed by atoms with Crippen LogP contribution in [0.15, 0.2) is 58.7 Å². The molecule has 31 heavy (non-hydrogen) atoms. The molecule has 2 aromatic carbocycles. The Morgan fingerprint density at radius 2 is 1.77 bits per heavy atom. The van der Waals surface area contributed by atoms with Gasteiger partial charge in [-0.15, -0.1) is 0 Å². The van der Waals surface area contributed by atoms with Crippen molar-refractivity contribution in [2.75, 3.05) is 0 Å². The fraction of sp³-hybridized carbons (Fsp3) is 0.292. The average molecular weight is 416 g/mol. The first-order chi connectivity index (χ1) is 14.7. The molecule has 0 saturated heterocycles. The number of nitro groups is 1. The lowest BCUT2D eigenvalue weighted by Gasteiger charge is -2.38. The Labute approximate surface area is 178 Å². The van der Waals surface area contributed by atoms with Crippen LogP contribution in [0, 0.1) is 21.4 Å². The number of ketones is 2. The molecule has 0 bridgehead atoms. The average Bonchev–Trinajstić information content (AvgIpc) is 2.98. The van der Waals surface area contributed by atoms with Gasteiger partial charge in [0.05, 0.1) is 16.6 Å². The molecule has 7 nitrogen and oxygen atoms in total. The maximum Gasteiger partial charge on any atom is 0.269 e. The van der Waals surface area contributed by atoms with Gasteiger partial charge in [0.2, 0.25) is 0 Å². The minimum Gasteiger partial charge on any atom is -0.508 e. The molecule has 0 fully saturated rings. The lowest BCUT2D eigenvalue weighted by molar-refractivity contribution is -0.385. The number of non-ortho nitro benzene ring substituents is 1. The molecular weight excluding hydrogens is 396 g/mol. The van der Waals surface area contributed by atoms with Crippen molar-refractivity contribution >= 4 is 23.0 Å². The molecule has 0 radical (unpaired) electrons. The van der Waals surface area contributed by atoms with Crippen LogP contribution in [-0.2, 0) is 4.79 Å². The summed E-state index contributed by atoms with van der Waals surface area (Å²) in [7, 11) is 0. The van der Waals surface area contributed by atoms with Gasteiger partial charge < -0.3 is 5.11 Å². The highest BCUT2D eigenvalue weighted by Crippen LogP contribution is 2.52. The molecule has 2 aliphatic carbocycles. The minimum atomic E-state index is -0.814. The third kappa shape index (κ3) is 2.84. The van der Waals surface area contributed by atoms with Crippen LogP contribution < -0.4 is 0 Å². The number of nitro benzene ring substituents is 1. The van der Waals surface area contributed by atoms with Gasteiger partial charge in [0.1, 0.15) is 5.75 Å². The van der Waals surface area contributed by atoms with Gasteiger partial charge >= 0.3 is 0 Å². The van der Waals surface area contributed by atoms with Gasteiger partial charge in [-0.2, -0.15) is 0 Å². The Balaban J connectivity index is 1.80. The molecule has 2 atom stereocenters. The summed E-state index contributed by atoms with van der Waals surface area (Å²) >= 11 is 0. The summed E-state index contributed by atoms with van der Waals surface area (Å²) in [6.45, 7) is 3.99. The van der Waals surface area contributed by atoms with Gasteiger partial charge in [0.25, 0.3) is 5.69 Å². The predicted molar refractivity (Wildman–Crippen MR) is 113 cm³/mol. The lowest BCUT2D eigenvalue weighted by atomic mass is 9.66. The van der Waals surface area contributed by atoms with Crippen LogP contribution in [0.4, 0.5) is 5.69 Å². The van der Waals surface area contributed by atoms with Crippen LogP contribution in [0.3, 0.4) is 0 Å². The van der Waals surface area contributed by atoms with Gasteiger partial charge in [0.15, 0.2) is 11.6 Å². The quantitative estimate of drug-likeness (QED) is 0.578. The van der Waals surface area contributed by atoms with E-state index in [0.717, 1.165) is 5.56 Å². The topological polar surface area (TPSA) is 110 Å². The number of hydrogen-bond donors (Lipinski definition) is 1. The molecule has 5 rings (SSSR count). The molecule has 0 spiro atoms. The van der Waals surface area contributed by atoms with E-state index in [-0.39, 0.29) is 40.4 Å². The van der Waals surface area contributed by atoms with Gasteiger partial charge in [-0.05, 0) is 17.9 Å². The molecule has 3 aliphatic rings. The van der Waals surface area contributed by atoms with Crippen molar-refractivity contribution in [3.8, 4) is 5.75 Å². The van der Waals surface area contributed by atoms with Crippen LogP contribution in [0.1, 0.15) is 54.1 Å². The first kappa shape index (κ1) is 19.4. The van der Waals surface area contributed by atoms with Crippen molar-refractivity contribution in [1.82, 2.24) is 0 Å². The molecule has 0 saturated carbocycles. The van der Waals surface area contributed by atoms with E-state index in [1.807, 2.05) is 26.0 Å². The standard InChI is InChI=1S/C24H20N2O5/c1-24(2)10-16-20(18(28)11-24)19(15-9-12(26(30)31)7-8-17(15)27)21-22(25-16)13-5-3-4-6-14(13)23(21)29/h3-9,19,21,27H,10-11H2,1-2H3/t19-,21+/m1/s1. The van der Waals surface area contributed by atoms with Crippen LogP contribution in [0.5, 0.6) is 5.75 Å². The van der Waals surface area contributed by atoms with E-state index in [2.05, 4.69) is 0 Å². The zero-order valence-electron chi connectivity index (χ0n) is 17.1. The second kappa shape index (κ2) is 6.44. The van der Waals surface area contributed by atoms with Gasteiger partial charge in [0, 0.05) is 52.4 Å². The van der Waals surface area contributed by atoms with Crippen LogP contribution in [0.25, 0.3) is 0 Å². The van der Waals surface area contributed by atoms with E-state index in [4.69, 9.17) is 4.99 Å². The number of benzene rings is 2. The maximum atomic E-state index is 13.4. The van der Waals surface area contributed by atoms with Crippen LogP contribution in [-0.4, -0.2) is 27.3 Å². The van der Waals surface area contributed by atoms with E-state index in [1.165, 1.54) is 18.2 Å². The fourth-order valence-corrected chi connectivity index (χ4v) is 5.13. The Morgan fingerprint density at radius 1 is 1.06 bits per heavy atom. The second-order valence-electron chi connectivity index (χ2n) is 9.16. The van der Waals surface area contributed by atoms with Gasteiger partial charge in [-0.1, -0.05) is 38.1 Å². The number of aromatic hydroxyl groups is 1. The number of rotatable bonds is 2. The summed E-state index contributed by atoms with van der Waals surface area (Å²) in [4.78, 5) is 42.4. The first-order valence-electron chi connectivity index (χ1n) is 10.1. The van der Waals surface area contributed by atoms with Gasteiger partial charge in [-0.25, -0.2) is 0 Å². The second-order valence-corrected chi connectivity index (χ2v) is 9.16. The molecule has 1 heterocycles. The molecule has 156 valence electrons. The monoisotopic (exact) mass is 416 g/mol. The highest BCUT2D eigenvalue weighted by Gasteiger charge is 2.51. The molecule has 2 aromatic rings. The smallest absolute Gasteiger partial charge is 0.269 e. The summed E-state index contributed by atoms with van der Waals surface area (Å²) in [5, 5.41) is 22.1. The number of allylic oxidation sites excluding steroid dienone is 2. The highest BCUT2D eigenvalue weighted by molar-refractivity contribution is 6.30. The molecule has 0 amide bonds. The zero-order chi connectivity index (χ0) is 22.1. The SMILES string of the molecule is CC1(C)CC(=O)C2=C(C1)N=C1c3ccccc3C(=O)[C@H]1[C@@H]2c1cc([N+](=O)[O-])ccc1O. The van der Waals surface area contributed by atoms with Crippen molar-refractivity contribution in [2.45, 2.75) is 32.6 Å². The van der Waals surface area contributed by atoms with E-state index in [0.29, 0.717) is 29.0 Å². The number of carbonyl (C=O) groups excluding carboxylic acids is 2. The summed E-state index contributed by atoms with van der Waals surface area (Å²) in [5.74, 6) is -2.10. The Morgan fingerprint density at radius 3 is 2.48 bits per heavy atom. The number of carbonyl (C=O) groups is 2. The minimum absolute atomic E-state index is 0.131. The third-order valence-electron chi connectivity index (χ3n) is 6.40. The van der Waals surface area contributed by atoms with Crippen molar-refractivity contribution in [1.29, 1.82) is 0 Å². The van der Waals surface area contributed by atoms with Crippen LogP contribution in [0.2, 0.25) is 0 Å². The lowest BCUT2D eigenvalue weighted by Crippen LogP contribution is -2.37. The molecule has 1 aliphatic heterocycles. The van der Waals surface area contributed by atoms with Crippen molar-refractivity contribution in [2.24, 2.45) is 16.3 Å². The number of phenolic OH excluding ortho intramolecular Hbond substituents is 1. The summed E-state index contributed by atoms with van der Waals surface area (Å²) in [5.41, 5.74) is 2.53. The number of phenols is 1. The number of fused-ring (bicyclic) bond motifs is 3. The van der Waals surface area contributed by atoms with Crippen molar-refractivity contribution < 1.29 is 19.6 Å². The fourth-order valence-electron chi connectivity index (χ4n) is 5.13. The Kier molecular flexibility index (Phi) is 4.02. The van der Waals surface area contributed by atoms with E-state index in [1.54, 1.807) is 12.1 Å². The third-order valence-corrected chi connectivity index (χ3v) is 6.40. The van der Waals surface area contributed by atoms with Crippen molar-refractivity contribution in [3.05, 3.63) is 80.5 Å². The number of nitrogens with zero attached hydrogens (tertiary/aromatic N) is 2. The van der Waals surface area contributed by atoms with E-state index < -0.39 is 16.8 Å². The molecule has 0 unspecified atom stereocenters. The van der Waals surface area contributed by atoms with E-state index >= 15 is 0 Å². The molecule has 0 aromatic heterocycles. The molecular formula is C24H20N2O5. The number of hydrogen-bond acceptors (Lipinski definition) is 6. The van der Waals surface area contributed by atoms with E-state index in [9.17, 15) is 24.8 Å². The molecule has 7 heteroatoms. The number of aliphatic imine (C=N–C) groups is 1. The number of Topliss-reactive ketones (excluding diaryl/α,β-unsaturated/α-hetero) is 2. The Bertz CT molecular complexity index is 1250. The highest BCUT2D eigenvalue weighted by atomic mass is 16.6. The Hall–Kier alpha value is -3.61. The normalized spacial score (nSPS) is 23.7. The predicted octanol–water partition coefficient (Wildman–Crippen LogP) is 4.34. The largest absolute Gasteiger partial charge is 0.508 e. The summed E-state index contributed by atoms with van der Waals surface area (Å²) < 4.78 is 0.